The summed E-state index contributed by atoms with van der Waals surface area (Å²) in [7, 11) is 0. The van der Waals surface area contributed by atoms with E-state index in [2.05, 4.69) is 0 Å². The van der Waals surface area contributed by atoms with Gasteiger partial charge in [-0.05, 0) is 42.0 Å². The van der Waals surface area contributed by atoms with Crippen LogP contribution in [0, 0.1) is 5.82 Å². The third-order valence-corrected chi connectivity index (χ3v) is 3.39. The summed E-state index contributed by atoms with van der Waals surface area (Å²) >= 11 is 7.36. The van der Waals surface area contributed by atoms with Crippen molar-refractivity contribution in [2.45, 2.75) is 16.3 Å². The van der Waals surface area contributed by atoms with Crippen molar-refractivity contribution in [2.24, 2.45) is 5.73 Å². The lowest BCUT2D eigenvalue weighted by Gasteiger charge is -2.05. The van der Waals surface area contributed by atoms with Crippen LogP contribution in [0.25, 0.3) is 0 Å². The molecule has 2 aromatic carbocycles. The Morgan fingerprint density at radius 2 is 1.94 bits per heavy atom. The van der Waals surface area contributed by atoms with Gasteiger partial charge in [-0.1, -0.05) is 29.4 Å². The summed E-state index contributed by atoms with van der Waals surface area (Å²) in [6, 6.07) is 12.3. The molecule has 17 heavy (non-hydrogen) atoms. The molecule has 0 radical (unpaired) electrons. The lowest BCUT2D eigenvalue weighted by molar-refractivity contribution is 0.621. The second-order valence-corrected chi connectivity index (χ2v) is 5.14. The van der Waals surface area contributed by atoms with Crippen LogP contribution >= 0.6 is 23.4 Å². The van der Waals surface area contributed by atoms with Crippen molar-refractivity contribution in [3.05, 3.63) is 58.9 Å². The van der Waals surface area contributed by atoms with Gasteiger partial charge in [-0.25, -0.2) is 4.39 Å². The van der Waals surface area contributed by atoms with E-state index in [4.69, 9.17) is 17.3 Å². The number of nitrogens with two attached hydrogens (primary N) is 1. The minimum absolute atomic E-state index is 0.266. The highest BCUT2D eigenvalue weighted by Crippen LogP contribution is 2.30. The van der Waals surface area contributed by atoms with Crippen LogP contribution in [-0.4, -0.2) is 0 Å². The molecule has 2 rings (SSSR count). The monoisotopic (exact) mass is 267 g/mol. The van der Waals surface area contributed by atoms with Gasteiger partial charge in [0.15, 0.2) is 0 Å². The van der Waals surface area contributed by atoms with Crippen LogP contribution in [0.3, 0.4) is 0 Å². The summed E-state index contributed by atoms with van der Waals surface area (Å²) < 4.78 is 13.3. The first-order chi connectivity index (χ1) is 8.17. The predicted molar refractivity (Wildman–Crippen MR) is 69.9 cm³/mol. The second kappa shape index (κ2) is 5.54. The average Bonchev–Trinajstić information content (AvgIpc) is 2.28. The molecular formula is C13H11ClFNS. The van der Waals surface area contributed by atoms with E-state index in [0.29, 0.717) is 11.6 Å². The first-order valence-corrected chi connectivity index (χ1v) is 6.30. The highest BCUT2D eigenvalue weighted by Gasteiger charge is 2.02. The molecule has 0 aliphatic heterocycles. The molecule has 0 spiro atoms. The molecule has 2 N–H and O–H groups in total. The molecule has 1 nitrogen and oxygen atoms in total. The molecule has 0 aromatic heterocycles. The normalized spacial score (nSPS) is 10.5. The van der Waals surface area contributed by atoms with Gasteiger partial charge in [0.2, 0.25) is 0 Å². The summed E-state index contributed by atoms with van der Waals surface area (Å²) in [4.78, 5) is 1.80. The third-order valence-electron chi connectivity index (χ3n) is 2.20. The molecule has 88 valence electrons. The van der Waals surface area contributed by atoms with E-state index in [-0.39, 0.29) is 5.82 Å². The van der Waals surface area contributed by atoms with E-state index in [1.165, 1.54) is 23.9 Å². The van der Waals surface area contributed by atoms with Crippen LogP contribution in [0.4, 0.5) is 4.39 Å². The van der Waals surface area contributed by atoms with Gasteiger partial charge in [0.25, 0.3) is 0 Å². The Bertz CT molecular complexity index is 531. The molecule has 2 aromatic rings. The zero-order chi connectivity index (χ0) is 12.3. The quantitative estimate of drug-likeness (QED) is 0.906. The molecule has 0 saturated carbocycles. The Morgan fingerprint density at radius 1 is 1.12 bits per heavy atom. The first kappa shape index (κ1) is 12.4. The zero-order valence-corrected chi connectivity index (χ0v) is 10.6. The van der Waals surface area contributed by atoms with Gasteiger partial charge in [-0.2, -0.15) is 0 Å². The standard InChI is InChI=1S/C13H11ClFNS/c14-10-2-1-3-12(6-10)17-13-5-9(8-16)4-11(15)7-13/h1-7H,8,16H2. The van der Waals surface area contributed by atoms with Crippen molar-refractivity contribution in [1.82, 2.24) is 0 Å². The summed E-state index contributed by atoms with van der Waals surface area (Å²) in [5.41, 5.74) is 6.29. The molecule has 0 saturated heterocycles. The number of rotatable bonds is 3. The van der Waals surface area contributed by atoms with Crippen LogP contribution in [-0.2, 0) is 6.54 Å². The van der Waals surface area contributed by atoms with E-state index in [1.54, 1.807) is 0 Å². The van der Waals surface area contributed by atoms with Crippen molar-refractivity contribution in [3.8, 4) is 0 Å². The number of halogens is 2. The Hall–Kier alpha value is -1.03. The molecule has 0 fully saturated rings. The molecule has 0 unspecified atom stereocenters. The lowest BCUT2D eigenvalue weighted by Crippen LogP contribution is -1.96. The maximum absolute atomic E-state index is 13.3. The van der Waals surface area contributed by atoms with Crippen molar-refractivity contribution in [2.75, 3.05) is 0 Å². The Balaban J connectivity index is 2.26. The minimum atomic E-state index is -0.266. The SMILES string of the molecule is NCc1cc(F)cc(Sc2cccc(Cl)c2)c1. The average molecular weight is 268 g/mol. The fourth-order valence-electron chi connectivity index (χ4n) is 1.46. The highest BCUT2D eigenvalue weighted by molar-refractivity contribution is 7.99. The van der Waals surface area contributed by atoms with Crippen LogP contribution < -0.4 is 5.73 Å². The van der Waals surface area contributed by atoms with E-state index in [0.717, 1.165) is 15.4 Å². The zero-order valence-electron chi connectivity index (χ0n) is 8.99. The fraction of sp³-hybridized carbons (Fsp3) is 0.0769. The fourth-order valence-corrected chi connectivity index (χ4v) is 2.71. The largest absolute Gasteiger partial charge is 0.326 e. The molecule has 4 heteroatoms. The minimum Gasteiger partial charge on any atom is -0.326 e. The van der Waals surface area contributed by atoms with Gasteiger partial charge in [0.1, 0.15) is 5.82 Å². The molecule has 0 aliphatic rings. The van der Waals surface area contributed by atoms with E-state index < -0.39 is 0 Å². The van der Waals surface area contributed by atoms with Gasteiger partial charge < -0.3 is 5.73 Å². The molecule has 0 amide bonds. The van der Waals surface area contributed by atoms with E-state index in [1.807, 2.05) is 30.3 Å². The van der Waals surface area contributed by atoms with Crippen LogP contribution in [0.1, 0.15) is 5.56 Å². The van der Waals surface area contributed by atoms with Crippen molar-refractivity contribution < 1.29 is 4.39 Å². The van der Waals surface area contributed by atoms with Gasteiger partial charge in [0, 0.05) is 21.4 Å². The first-order valence-electron chi connectivity index (χ1n) is 5.10. The van der Waals surface area contributed by atoms with Gasteiger partial charge >= 0.3 is 0 Å². The maximum Gasteiger partial charge on any atom is 0.124 e. The Labute approximate surface area is 109 Å². The van der Waals surface area contributed by atoms with Crippen LogP contribution in [0.5, 0.6) is 0 Å². The summed E-state index contributed by atoms with van der Waals surface area (Å²) in [6.45, 7) is 0.334. The molecule has 0 bridgehead atoms. The third kappa shape index (κ3) is 3.46. The summed E-state index contributed by atoms with van der Waals surface area (Å²) in [6.07, 6.45) is 0. The number of benzene rings is 2. The molecular weight excluding hydrogens is 257 g/mol. The smallest absolute Gasteiger partial charge is 0.124 e. The Morgan fingerprint density at radius 3 is 2.65 bits per heavy atom. The van der Waals surface area contributed by atoms with Gasteiger partial charge in [-0.15, -0.1) is 0 Å². The maximum atomic E-state index is 13.3. The van der Waals surface area contributed by atoms with Gasteiger partial charge in [-0.3, -0.25) is 0 Å². The van der Waals surface area contributed by atoms with Crippen molar-refractivity contribution >= 4 is 23.4 Å². The molecule has 0 aliphatic carbocycles. The van der Waals surface area contributed by atoms with Gasteiger partial charge in [0.05, 0.1) is 0 Å². The lowest BCUT2D eigenvalue weighted by atomic mass is 10.2. The number of hydrogen-bond acceptors (Lipinski definition) is 2. The predicted octanol–water partition coefficient (Wildman–Crippen LogP) is 4.09. The van der Waals surface area contributed by atoms with Crippen molar-refractivity contribution in [1.29, 1.82) is 0 Å². The van der Waals surface area contributed by atoms with Crippen LogP contribution in [0.15, 0.2) is 52.3 Å². The van der Waals surface area contributed by atoms with E-state index >= 15 is 0 Å². The Kier molecular flexibility index (Phi) is 4.05. The second-order valence-electron chi connectivity index (χ2n) is 3.56. The van der Waals surface area contributed by atoms with Crippen molar-refractivity contribution in [3.63, 3.8) is 0 Å². The van der Waals surface area contributed by atoms with E-state index in [9.17, 15) is 4.39 Å². The molecule has 0 heterocycles. The summed E-state index contributed by atoms with van der Waals surface area (Å²) in [5, 5.41) is 0.672. The molecule has 0 atom stereocenters. The number of hydrogen-bond donors (Lipinski definition) is 1. The topological polar surface area (TPSA) is 26.0 Å². The summed E-state index contributed by atoms with van der Waals surface area (Å²) in [5.74, 6) is -0.266. The highest BCUT2D eigenvalue weighted by atomic mass is 35.5. The van der Waals surface area contributed by atoms with Crippen LogP contribution in [0.2, 0.25) is 5.02 Å².